The molecule has 0 aliphatic carbocycles. The topological polar surface area (TPSA) is 71.1 Å². The smallest absolute Gasteiger partial charge is 0.267 e. The van der Waals surface area contributed by atoms with E-state index in [1.54, 1.807) is 36.5 Å². The molecule has 0 aliphatic heterocycles. The summed E-state index contributed by atoms with van der Waals surface area (Å²) in [5, 5.41) is 5.16. The monoisotopic (exact) mass is 377 g/mol. The molecule has 0 radical (unpaired) electrons. The molecule has 1 aromatic carbocycles. The number of nitrogens with one attached hydrogen (secondary N) is 2. The molecule has 2 aromatic heterocycles. The molecule has 0 atom stereocenters. The van der Waals surface area contributed by atoms with Crippen LogP contribution >= 0.6 is 34.3 Å². The first-order chi connectivity index (χ1) is 11.5. The number of aromatic nitrogens is 1. The van der Waals surface area contributed by atoms with E-state index in [0.29, 0.717) is 21.2 Å². The molecule has 0 fully saturated rings. The quantitative estimate of drug-likeness (QED) is 0.680. The predicted octanol–water partition coefficient (Wildman–Crippen LogP) is 3.91. The molecule has 0 spiro atoms. The number of thiazole rings is 1. The van der Waals surface area contributed by atoms with Crippen molar-refractivity contribution in [3.8, 4) is 10.6 Å². The van der Waals surface area contributed by atoms with Crippen molar-refractivity contribution >= 4 is 46.1 Å². The first-order valence-electron chi connectivity index (χ1n) is 6.91. The van der Waals surface area contributed by atoms with Gasteiger partial charge in [-0.15, -0.1) is 11.3 Å². The van der Waals surface area contributed by atoms with Crippen molar-refractivity contribution in [3.05, 3.63) is 62.2 Å². The lowest BCUT2D eigenvalue weighted by Gasteiger charge is -2.06. The van der Waals surface area contributed by atoms with E-state index in [2.05, 4.69) is 15.8 Å². The van der Waals surface area contributed by atoms with Crippen LogP contribution in [0.3, 0.4) is 0 Å². The van der Waals surface area contributed by atoms with Crippen molar-refractivity contribution in [1.29, 1.82) is 0 Å². The number of thiophene rings is 1. The summed E-state index contributed by atoms with van der Waals surface area (Å²) in [5.74, 6) is -0.840. The summed E-state index contributed by atoms with van der Waals surface area (Å²) in [6, 6.07) is 8.42. The summed E-state index contributed by atoms with van der Waals surface area (Å²) in [6.45, 7) is 1.76. The second-order valence-electron chi connectivity index (χ2n) is 4.86. The summed E-state index contributed by atoms with van der Waals surface area (Å²) >= 11 is 8.70. The van der Waals surface area contributed by atoms with Gasteiger partial charge in [0.15, 0.2) is 0 Å². The van der Waals surface area contributed by atoms with E-state index in [-0.39, 0.29) is 0 Å². The molecule has 2 heterocycles. The highest BCUT2D eigenvalue weighted by molar-refractivity contribution is 7.17. The van der Waals surface area contributed by atoms with Gasteiger partial charge in [0.1, 0.15) is 9.88 Å². The average Bonchev–Trinajstić information content (AvgIpc) is 3.21. The van der Waals surface area contributed by atoms with Gasteiger partial charge in [-0.3, -0.25) is 20.4 Å². The van der Waals surface area contributed by atoms with E-state index in [0.717, 1.165) is 10.6 Å². The van der Waals surface area contributed by atoms with Crippen molar-refractivity contribution in [2.45, 2.75) is 6.92 Å². The molecule has 8 heteroatoms. The normalized spacial score (nSPS) is 10.4. The predicted molar refractivity (Wildman–Crippen MR) is 96.5 cm³/mol. The largest absolute Gasteiger partial charge is 0.281 e. The highest BCUT2D eigenvalue weighted by Crippen LogP contribution is 2.29. The lowest BCUT2D eigenvalue weighted by molar-refractivity contribution is 0.0848. The van der Waals surface area contributed by atoms with Crippen LogP contribution in [0, 0.1) is 6.92 Å². The van der Waals surface area contributed by atoms with E-state index in [1.165, 1.54) is 17.4 Å². The van der Waals surface area contributed by atoms with Crippen molar-refractivity contribution in [1.82, 2.24) is 15.8 Å². The Kier molecular flexibility index (Phi) is 4.94. The SMILES string of the molecule is Cc1nc(-c2ccsc2)sc1C(=O)NNC(=O)c1cccc(Cl)c1. The summed E-state index contributed by atoms with van der Waals surface area (Å²) in [4.78, 5) is 29.2. The van der Waals surface area contributed by atoms with Crippen LogP contribution in [-0.4, -0.2) is 16.8 Å². The molecular formula is C16H12ClN3O2S2. The fourth-order valence-corrected chi connectivity index (χ4v) is 3.85. The van der Waals surface area contributed by atoms with Gasteiger partial charge >= 0.3 is 0 Å². The fraction of sp³-hybridized carbons (Fsp3) is 0.0625. The molecule has 0 saturated carbocycles. The fourth-order valence-electron chi connectivity index (χ4n) is 1.99. The first kappa shape index (κ1) is 16.6. The maximum atomic E-state index is 12.3. The van der Waals surface area contributed by atoms with Crippen LogP contribution in [0.2, 0.25) is 5.02 Å². The highest BCUT2D eigenvalue weighted by Gasteiger charge is 2.17. The van der Waals surface area contributed by atoms with Gasteiger partial charge in [0.05, 0.1) is 5.69 Å². The van der Waals surface area contributed by atoms with Crippen LogP contribution in [0.25, 0.3) is 10.6 Å². The zero-order valence-corrected chi connectivity index (χ0v) is 14.9. The standard InChI is InChI=1S/C16H12ClN3O2S2/c1-9-13(24-16(18-9)11-5-6-23-8-11)15(22)20-19-14(21)10-3-2-4-12(17)7-10/h2-8H,1H3,(H,19,21)(H,20,22). The number of hydrazine groups is 1. The van der Waals surface area contributed by atoms with E-state index in [9.17, 15) is 9.59 Å². The Balaban J connectivity index is 1.68. The molecule has 5 nitrogen and oxygen atoms in total. The molecular weight excluding hydrogens is 366 g/mol. The molecule has 0 aliphatic rings. The molecule has 2 amide bonds. The van der Waals surface area contributed by atoms with Gasteiger partial charge in [0.25, 0.3) is 11.8 Å². The summed E-state index contributed by atoms with van der Waals surface area (Å²) in [5.41, 5.74) is 6.75. The third-order valence-corrected chi connectivity index (χ3v) is 5.27. The van der Waals surface area contributed by atoms with Crippen LogP contribution in [0.1, 0.15) is 25.7 Å². The Morgan fingerprint density at radius 3 is 2.67 bits per heavy atom. The van der Waals surface area contributed by atoms with Gasteiger partial charge < -0.3 is 0 Å². The minimum Gasteiger partial charge on any atom is -0.267 e. The number of carbonyl (C=O) groups is 2. The number of benzene rings is 1. The first-order valence-corrected chi connectivity index (χ1v) is 9.04. The Labute approximate surface area is 151 Å². The van der Waals surface area contributed by atoms with Crippen molar-refractivity contribution in [2.75, 3.05) is 0 Å². The number of carbonyl (C=O) groups excluding carboxylic acids is 2. The van der Waals surface area contributed by atoms with E-state index >= 15 is 0 Å². The Bertz CT molecular complexity index is 891. The number of nitrogens with zero attached hydrogens (tertiary/aromatic N) is 1. The minimum atomic E-state index is -0.439. The number of halogens is 1. The maximum absolute atomic E-state index is 12.3. The summed E-state index contributed by atoms with van der Waals surface area (Å²) < 4.78 is 0. The Morgan fingerprint density at radius 2 is 1.96 bits per heavy atom. The number of amides is 2. The molecule has 2 N–H and O–H groups in total. The summed E-state index contributed by atoms with van der Waals surface area (Å²) in [6.07, 6.45) is 0. The third kappa shape index (κ3) is 3.64. The lowest BCUT2D eigenvalue weighted by atomic mass is 10.2. The van der Waals surface area contributed by atoms with Crippen LogP contribution in [0.5, 0.6) is 0 Å². The molecule has 0 bridgehead atoms. The highest BCUT2D eigenvalue weighted by atomic mass is 35.5. The van der Waals surface area contributed by atoms with Gasteiger partial charge in [-0.1, -0.05) is 17.7 Å². The molecule has 0 saturated heterocycles. The molecule has 0 unspecified atom stereocenters. The second kappa shape index (κ2) is 7.12. The van der Waals surface area contributed by atoms with Gasteiger partial charge in [-0.2, -0.15) is 11.3 Å². The van der Waals surface area contributed by atoms with Crippen LogP contribution < -0.4 is 10.9 Å². The number of hydrogen-bond donors (Lipinski definition) is 2. The van der Waals surface area contributed by atoms with Crippen LogP contribution in [0.15, 0.2) is 41.1 Å². The number of aryl methyl sites for hydroxylation is 1. The lowest BCUT2D eigenvalue weighted by Crippen LogP contribution is -2.41. The maximum Gasteiger partial charge on any atom is 0.281 e. The minimum absolute atomic E-state index is 0.364. The number of rotatable bonds is 3. The second-order valence-corrected chi connectivity index (χ2v) is 7.08. The van der Waals surface area contributed by atoms with E-state index in [4.69, 9.17) is 11.6 Å². The van der Waals surface area contributed by atoms with Crippen molar-refractivity contribution < 1.29 is 9.59 Å². The Morgan fingerprint density at radius 1 is 1.17 bits per heavy atom. The third-order valence-electron chi connectivity index (χ3n) is 3.15. The Hall–Kier alpha value is -2.22. The molecule has 24 heavy (non-hydrogen) atoms. The van der Waals surface area contributed by atoms with Crippen molar-refractivity contribution in [2.24, 2.45) is 0 Å². The van der Waals surface area contributed by atoms with Crippen LogP contribution in [0.4, 0.5) is 0 Å². The van der Waals surface area contributed by atoms with Gasteiger partial charge in [0, 0.05) is 21.5 Å². The van der Waals surface area contributed by atoms with Gasteiger partial charge in [-0.05, 0) is 36.6 Å². The number of hydrogen-bond acceptors (Lipinski definition) is 5. The van der Waals surface area contributed by atoms with Crippen molar-refractivity contribution in [3.63, 3.8) is 0 Å². The van der Waals surface area contributed by atoms with E-state index in [1.807, 2.05) is 16.8 Å². The van der Waals surface area contributed by atoms with Crippen LogP contribution in [-0.2, 0) is 0 Å². The molecule has 3 rings (SSSR count). The molecule has 3 aromatic rings. The zero-order valence-electron chi connectivity index (χ0n) is 12.5. The van der Waals surface area contributed by atoms with E-state index < -0.39 is 11.8 Å². The van der Waals surface area contributed by atoms with Gasteiger partial charge in [0.2, 0.25) is 0 Å². The zero-order chi connectivity index (χ0) is 17.1. The average molecular weight is 378 g/mol. The molecule has 122 valence electrons. The van der Waals surface area contributed by atoms with Gasteiger partial charge in [-0.25, -0.2) is 4.98 Å². The summed E-state index contributed by atoms with van der Waals surface area (Å²) in [7, 11) is 0.